The molecule has 6 heteroatoms. The number of aliphatic hydroxyl groups excluding tert-OH is 1. The van der Waals surface area contributed by atoms with Gasteiger partial charge in [-0.05, 0) is 64.9 Å². The van der Waals surface area contributed by atoms with E-state index in [4.69, 9.17) is 30.5 Å². The third-order valence-corrected chi connectivity index (χ3v) is 7.91. The molecule has 1 aliphatic rings. The summed E-state index contributed by atoms with van der Waals surface area (Å²) in [6.45, 7) is 4.00. The van der Waals surface area contributed by atoms with Gasteiger partial charge in [-0.2, -0.15) is 0 Å². The molecule has 42 heavy (non-hydrogen) atoms. The quantitative estimate of drug-likeness (QED) is 0.173. The molecule has 0 radical (unpaired) electrons. The van der Waals surface area contributed by atoms with Crippen molar-refractivity contribution in [3.63, 3.8) is 0 Å². The first kappa shape index (κ1) is 30.3. The molecule has 4 aromatic rings. The van der Waals surface area contributed by atoms with Gasteiger partial charge in [-0.3, -0.25) is 0 Å². The topological polar surface area (TPSA) is 57.2 Å². The molecule has 1 heterocycles. The minimum Gasteiger partial charge on any atom is -0.494 e. The molecule has 0 aliphatic carbocycles. The lowest BCUT2D eigenvalue weighted by Gasteiger charge is -2.36. The lowest BCUT2D eigenvalue weighted by atomic mass is 9.90. The molecule has 0 amide bonds. The maximum absolute atomic E-state index is 10.3. The molecule has 220 valence electrons. The van der Waals surface area contributed by atoms with Gasteiger partial charge >= 0.3 is 0 Å². The van der Waals surface area contributed by atoms with Gasteiger partial charge in [-0.1, -0.05) is 90.5 Å². The van der Waals surface area contributed by atoms with Crippen LogP contribution in [0.1, 0.15) is 59.3 Å². The second-order valence-electron chi connectivity index (χ2n) is 10.7. The Bertz CT molecular complexity index is 1380. The van der Waals surface area contributed by atoms with E-state index >= 15 is 0 Å². The van der Waals surface area contributed by atoms with E-state index in [1.807, 2.05) is 61.5 Å². The minimum absolute atomic E-state index is 0.0222. The first-order valence-corrected chi connectivity index (χ1v) is 15.1. The molecule has 5 rings (SSSR count). The number of rotatable bonds is 13. The molecule has 0 spiro atoms. The molecule has 1 N–H and O–H groups in total. The molecule has 0 bridgehead atoms. The molecular weight excluding hydrogens is 548 g/mol. The van der Waals surface area contributed by atoms with Crippen LogP contribution in [0.15, 0.2) is 97.1 Å². The lowest BCUT2D eigenvalue weighted by molar-refractivity contribution is -0.142. The summed E-state index contributed by atoms with van der Waals surface area (Å²) in [5.41, 5.74) is 6.10. The van der Waals surface area contributed by atoms with E-state index < -0.39 is 0 Å². The number of benzene rings is 4. The molecule has 5 nitrogen and oxygen atoms in total. The minimum atomic E-state index is -0.261. The van der Waals surface area contributed by atoms with Crippen LogP contribution in [-0.2, 0) is 40.5 Å². The summed E-state index contributed by atoms with van der Waals surface area (Å²) < 4.78 is 24.8. The fourth-order valence-corrected chi connectivity index (χ4v) is 5.68. The summed E-state index contributed by atoms with van der Waals surface area (Å²) in [6, 6.07) is 32.4. The van der Waals surface area contributed by atoms with Crippen molar-refractivity contribution in [2.45, 2.75) is 64.3 Å². The predicted octanol–water partition coefficient (Wildman–Crippen LogP) is 7.84. The fraction of sp³-hybridized carbons (Fsp3) is 0.333. The summed E-state index contributed by atoms with van der Waals surface area (Å²) in [5, 5.41) is 10.9. The van der Waals surface area contributed by atoms with E-state index in [1.54, 1.807) is 0 Å². The van der Waals surface area contributed by atoms with Crippen molar-refractivity contribution in [2.24, 2.45) is 0 Å². The van der Waals surface area contributed by atoms with Crippen LogP contribution < -0.4 is 4.74 Å². The van der Waals surface area contributed by atoms with Crippen LogP contribution in [0.25, 0.3) is 0 Å². The molecule has 0 unspecified atom stereocenters. The predicted molar refractivity (Wildman–Crippen MR) is 166 cm³/mol. The van der Waals surface area contributed by atoms with E-state index in [0.29, 0.717) is 44.3 Å². The first-order chi connectivity index (χ1) is 20.6. The second-order valence-corrected chi connectivity index (χ2v) is 11.1. The zero-order chi connectivity index (χ0) is 29.1. The van der Waals surface area contributed by atoms with Crippen molar-refractivity contribution in [1.82, 2.24) is 0 Å². The van der Waals surface area contributed by atoms with Crippen LogP contribution in [0.2, 0.25) is 5.02 Å². The zero-order valence-electron chi connectivity index (χ0n) is 24.1. The summed E-state index contributed by atoms with van der Waals surface area (Å²) in [7, 11) is 0. The van der Waals surface area contributed by atoms with E-state index in [-0.39, 0.29) is 24.9 Å². The molecule has 0 aromatic heterocycles. The van der Waals surface area contributed by atoms with Gasteiger partial charge in [-0.25, -0.2) is 0 Å². The Hall–Kier alpha value is -3.19. The Labute approximate surface area is 254 Å². The summed E-state index contributed by atoms with van der Waals surface area (Å²) in [6.07, 6.45) is 1.64. The van der Waals surface area contributed by atoms with Gasteiger partial charge in [0.25, 0.3) is 0 Å². The van der Waals surface area contributed by atoms with Crippen molar-refractivity contribution >= 4 is 11.6 Å². The van der Waals surface area contributed by atoms with Gasteiger partial charge in [0.15, 0.2) is 0 Å². The zero-order valence-corrected chi connectivity index (χ0v) is 24.8. The molecular formula is C36H39ClO5. The molecule has 1 saturated heterocycles. The number of hydrogen-bond acceptors (Lipinski definition) is 5. The van der Waals surface area contributed by atoms with Gasteiger partial charge in [0.2, 0.25) is 0 Å². The first-order valence-electron chi connectivity index (χ1n) is 14.7. The maximum Gasteiger partial charge on any atom is 0.119 e. The highest BCUT2D eigenvalue weighted by Gasteiger charge is 2.33. The SMILES string of the molecule is CCOc1ccc(Cc2cc([C@H]3C[C@@H](OCc4ccccc4)C[C@@H](COCc4ccccc4)O3)c(CO)cc2Cl)cc1. The molecule has 1 aliphatic heterocycles. The van der Waals surface area contributed by atoms with Crippen molar-refractivity contribution in [3.05, 3.63) is 135 Å². The normalized spacial score (nSPS) is 18.6. The largest absolute Gasteiger partial charge is 0.494 e. The number of halogens is 1. The van der Waals surface area contributed by atoms with Crippen molar-refractivity contribution in [2.75, 3.05) is 13.2 Å². The number of aliphatic hydroxyl groups is 1. The van der Waals surface area contributed by atoms with Crippen LogP contribution in [0.5, 0.6) is 5.75 Å². The highest BCUT2D eigenvalue weighted by Crippen LogP contribution is 2.38. The average Bonchev–Trinajstić information content (AvgIpc) is 3.03. The second kappa shape index (κ2) is 15.3. The Kier molecular flexibility index (Phi) is 11.0. The van der Waals surface area contributed by atoms with Gasteiger partial charge in [0.05, 0.1) is 51.3 Å². The van der Waals surface area contributed by atoms with Gasteiger partial charge < -0.3 is 24.1 Å². The summed E-state index contributed by atoms with van der Waals surface area (Å²) >= 11 is 6.73. The Morgan fingerprint density at radius 1 is 0.810 bits per heavy atom. The van der Waals surface area contributed by atoms with E-state index in [9.17, 15) is 5.11 Å². The van der Waals surface area contributed by atoms with Crippen LogP contribution in [0.4, 0.5) is 0 Å². The Balaban J connectivity index is 1.34. The van der Waals surface area contributed by atoms with Crippen LogP contribution >= 0.6 is 11.6 Å². The van der Waals surface area contributed by atoms with Crippen molar-refractivity contribution in [3.8, 4) is 5.75 Å². The monoisotopic (exact) mass is 586 g/mol. The van der Waals surface area contributed by atoms with Crippen LogP contribution in [0, 0.1) is 0 Å². The Morgan fingerprint density at radius 3 is 2.17 bits per heavy atom. The molecule has 1 fully saturated rings. The van der Waals surface area contributed by atoms with Gasteiger partial charge in [0, 0.05) is 17.9 Å². The molecule has 4 aromatic carbocycles. The van der Waals surface area contributed by atoms with Gasteiger partial charge in [0.1, 0.15) is 5.75 Å². The van der Waals surface area contributed by atoms with E-state index in [2.05, 4.69) is 42.5 Å². The standard InChI is InChI=1S/C36H39ClO5/c1-2-40-31-15-13-26(14-16-31)17-29-18-34(30(22-38)19-35(29)37)36-21-32(41-24-28-11-7-4-8-12-28)20-33(42-36)25-39-23-27-9-5-3-6-10-27/h3-16,18-19,32-33,36,38H,2,17,20-25H2,1H3/t32-,33-,36+/m0/s1. The van der Waals surface area contributed by atoms with Crippen LogP contribution in [-0.4, -0.2) is 30.5 Å². The van der Waals surface area contributed by atoms with Crippen LogP contribution in [0.3, 0.4) is 0 Å². The van der Waals surface area contributed by atoms with Crippen molar-refractivity contribution in [1.29, 1.82) is 0 Å². The van der Waals surface area contributed by atoms with Gasteiger partial charge in [-0.15, -0.1) is 0 Å². The lowest BCUT2D eigenvalue weighted by Crippen LogP contribution is -2.36. The highest BCUT2D eigenvalue weighted by molar-refractivity contribution is 6.31. The van der Waals surface area contributed by atoms with Crippen molar-refractivity contribution < 1.29 is 24.1 Å². The maximum atomic E-state index is 10.3. The Morgan fingerprint density at radius 2 is 1.50 bits per heavy atom. The highest BCUT2D eigenvalue weighted by atomic mass is 35.5. The van der Waals surface area contributed by atoms with E-state index in [1.165, 1.54) is 0 Å². The summed E-state index contributed by atoms with van der Waals surface area (Å²) in [4.78, 5) is 0. The van der Waals surface area contributed by atoms with E-state index in [0.717, 1.165) is 45.6 Å². The number of hydrogen-bond donors (Lipinski definition) is 1. The third-order valence-electron chi connectivity index (χ3n) is 7.56. The average molecular weight is 587 g/mol. The molecule has 3 atom stereocenters. The third kappa shape index (κ3) is 8.43. The summed E-state index contributed by atoms with van der Waals surface area (Å²) in [5.74, 6) is 0.848. The molecule has 0 saturated carbocycles. The fourth-order valence-electron chi connectivity index (χ4n) is 5.43. The smallest absolute Gasteiger partial charge is 0.119 e. The number of ether oxygens (including phenoxy) is 4.